The predicted molar refractivity (Wildman–Crippen MR) is 525 cm³/mol. The summed E-state index contributed by atoms with van der Waals surface area (Å²) >= 11 is 0. The van der Waals surface area contributed by atoms with Crippen LogP contribution in [-0.2, 0) is 22.2 Å². The number of nitrogens with two attached hydrogens (primary N) is 4. The Morgan fingerprint density at radius 3 is 0.686 bits per heavy atom. The summed E-state index contributed by atoms with van der Waals surface area (Å²) in [5.74, 6) is 2.84. The number of halogens is 4. The molecule has 4 aliphatic heterocycles. The number of benzene rings is 4. The van der Waals surface area contributed by atoms with Crippen molar-refractivity contribution in [2.45, 2.75) is 257 Å². The van der Waals surface area contributed by atoms with E-state index in [0.29, 0.717) is 163 Å². The van der Waals surface area contributed by atoms with Crippen LogP contribution in [0.5, 0.6) is 23.0 Å². The molecule has 12 atom stereocenters. The van der Waals surface area contributed by atoms with Crippen molar-refractivity contribution in [1.82, 2.24) is 117 Å². The van der Waals surface area contributed by atoms with Gasteiger partial charge in [-0.05, 0) is 186 Å². The lowest BCUT2D eigenvalue weighted by molar-refractivity contribution is 0.0646. The van der Waals surface area contributed by atoms with Gasteiger partial charge in [0.05, 0.1) is 144 Å². The largest absolute Gasteiger partial charge is 0.494 e. The number of aliphatic hydroxyl groups is 4. The molecule has 12 aromatic heterocycles. The molecule has 40 nitrogen and oxygen atoms in total. The van der Waals surface area contributed by atoms with Crippen LogP contribution in [0.25, 0.3) is 66.2 Å². The number of ether oxygens (including phenoxy) is 4. The van der Waals surface area contributed by atoms with Crippen molar-refractivity contribution in [1.29, 1.82) is 0 Å². The minimum absolute atomic E-state index is 0.0455. The molecule has 4 aliphatic rings. The van der Waals surface area contributed by atoms with Crippen LogP contribution in [0.4, 0.5) is 64.1 Å². The summed E-state index contributed by atoms with van der Waals surface area (Å²) in [6, 6.07) is 11.9. The number of nitrogens with zero attached hydrogens (tertiary/aromatic N) is 28. The van der Waals surface area contributed by atoms with Crippen LogP contribution < -0.4 is 61.5 Å². The first-order valence-electron chi connectivity index (χ1n) is 47.2. The highest BCUT2D eigenvalue weighted by Crippen LogP contribution is 2.43. The Kier molecular flexibility index (Phi) is 26.3. The van der Waals surface area contributed by atoms with Gasteiger partial charge < -0.3 is 81.9 Å². The van der Waals surface area contributed by atoms with Crippen molar-refractivity contribution in [3.63, 3.8) is 0 Å². The van der Waals surface area contributed by atoms with Gasteiger partial charge in [0, 0.05) is 123 Å². The van der Waals surface area contributed by atoms with Crippen LogP contribution in [-0.4, -0.2) is 241 Å². The molecule has 12 N–H and O–H groups in total. The molecule has 0 aliphatic carbocycles. The van der Waals surface area contributed by atoms with Gasteiger partial charge in [-0.1, -0.05) is 0 Å². The third-order valence-corrected chi connectivity index (χ3v) is 29.3. The lowest BCUT2D eigenvalue weighted by atomic mass is 9.92. The van der Waals surface area contributed by atoms with Crippen molar-refractivity contribution in [2.75, 3.05) is 97.2 Å². The zero-order valence-electron chi connectivity index (χ0n) is 82.4. The highest BCUT2D eigenvalue weighted by atomic mass is 19.1. The average molecular weight is 1930 g/mol. The number of nitrogen functional groups attached to an aromatic ring is 4. The maximum absolute atomic E-state index is 14.3. The highest BCUT2D eigenvalue weighted by Gasteiger charge is 2.40. The van der Waals surface area contributed by atoms with Gasteiger partial charge in [-0.3, -0.25) is 18.7 Å². The Morgan fingerprint density at radius 1 is 0.314 bits per heavy atom. The molecule has 744 valence electrons. The Bertz CT molecular complexity index is 6430. The number of anilines is 8. The molecule has 0 unspecified atom stereocenters. The summed E-state index contributed by atoms with van der Waals surface area (Å²) in [7, 11) is 5.86. The quantitative estimate of drug-likeness (QED) is 0.0329. The van der Waals surface area contributed by atoms with Gasteiger partial charge in [0.1, 0.15) is 68.3 Å². The van der Waals surface area contributed by atoms with E-state index in [1.54, 1.807) is 27.7 Å². The van der Waals surface area contributed by atoms with Crippen LogP contribution in [0.3, 0.4) is 0 Å². The van der Waals surface area contributed by atoms with Crippen LogP contribution >= 0.6 is 0 Å². The van der Waals surface area contributed by atoms with Crippen LogP contribution in [0.15, 0.2) is 98.1 Å². The minimum Gasteiger partial charge on any atom is -0.494 e. The molecule has 140 heavy (non-hydrogen) atoms. The number of aromatic nitrogens is 24. The van der Waals surface area contributed by atoms with E-state index in [1.165, 1.54) is 95.0 Å². The molecule has 44 heteroatoms. The monoisotopic (exact) mass is 1930 g/mol. The van der Waals surface area contributed by atoms with Crippen molar-refractivity contribution < 1.29 is 56.9 Å². The molecule has 0 radical (unpaired) electrons. The molecule has 4 saturated heterocycles. The van der Waals surface area contributed by atoms with E-state index in [1.807, 2.05) is 124 Å². The number of aliphatic hydroxyl groups excluding tert-OH is 4. The fraction of sp³-hybridized carbons (Fsp3) is 0.500. The third-order valence-electron chi connectivity index (χ3n) is 29.3. The highest BCUT2D eigenvalue weighted by molar-refractivity contribution is 5.99. The number of piperidine rings is 4. The fourth-order valence-electron chi connectivity index (χ4n) is 18.6. The Labute approximate surface area is 804 Å². The summed E-state index contributed by atoms with van der Waals surface area (Å²) in [4.78, 5) is 45.9. The average Bonchev–Trinajstić information content (AvgIpc) is 1.58. The Balaban J connectivity index is 0.000000129. The van der Waals surface area contributed by atoms with Gasteiger partial charge in [-0.15, -0.1) is 20.4 Å². The summed E-state index contributed by atoms with van der Waals surface area (Å²) in [5.41, 5.74) is 30.2. The second-order valence-corrected chi connectivity index (χ2v) is 39.7. The Morgan fingerprint density at radius 2 is 0.507 bits per heavy atom. The van der Waals surface area contributed by atoms with Gasteiger partial charge in [-0.2, -0.15) is 38.5 Å². The number of hydrogen-bond donors (Lipinski definition) is 8. The minimum atomic E-state index is -0.554. The molecule has 4 aromatic carbocycles. The van der Waals surface area contributed by atoms with E-state index in [4.69, 9.17) is 61.8 Å². The maximum Gasteiger partial charge on any atom is 0.223 e. The summed E-state index contributed by atoms with van der Waals surface area (Å²) in [5, 5.41) is 79.5. The van der Waals surface area contributed by atoms with E-state index >= 15 is 0 Å². The van der Waals surface area contributed by atoms with Gasteiger partial charge in [0.15, 0.2) is 45.9 Å². The topological polar surface area (TPSA) is 478 Å². The molecule has 16 aromatic rings. The Hall–Kier alpha value is -13.9. The van der Waals surface area contributed by atoms with E-state index in [9.17, 15) is 38.0 Å². The van der Waals surface area contributed by atoms with Crippen LogP contribution in [0, 0.1) is 23.3 Å². The first-order chi connectivity index (χ1) is 66.4. The summed E-state index contributed by atoms with van der Waals surface area (Å²) in [6.45, 7) is 34.3. The second kappa shape index (κ2) is 37.7. The molecular weight excluding hydrogens is 1810 g/mol. The van der Waals surface area contributed by atoms with Gasteiger partial charge in [0.2, 0.25) is 23.8 Å². The van der Waals surface area contributed by atoms with Crippen molar-refractivity contribution >= 4 is 113 Å². The third kappa shape index (κ3) is 18.1. The van der Waals surface area contributed by atoms with E-state index in [-0.39, 0.29) is 47.5 Å². The van der Waals surface area contributed by atoms with Crippen LogP contribution in [0.1, 0.15) is 209 Å². The number of fused-ring (bicyclic) bond motifs is 12. The van der Waals surface area contributed by atoms with E-state index in [2.05, 4.69) is 108 Å². The first kappa shape index (κ1) is 97.8. The molecule has 0 amide bonds. The second-order valence-electron chi connectivity index (χ2n) is 39.7. The van der Waals surface area contributed by atoms with E-state index in [0.717, 1.165) is 74.1 Å². The predicted octanol–water partition coefficient (Wildman–Crippen LogP) is 12.4. The zero-order valence-corrected chi connectivity index (χ0v) is 82.4. The van der Waals surface area contributed by atoms with Crippen LogP contribution in [0.2, 0.25) is 0 Å². The normalized spacial score (nSPS) is 20.0. The lowest BCUT2D eigenvalue weighted by Crippen LogP contribution is -2.41. The molecular formula is C96H124F4N32O8. The fourth-order valence-corrected chi connectivity index (χ4v) is 18.6. The molecule has 0 bridgehead atoms. The molecule has 4 fully saturated rings. The van der Waals surface area contributed by atoms with E-state index < -0.39 is 69.8 Å². The molecule has 0 spiro atoms. The maximum atomic E-state index is 14.3. The molecule has 20 rings (SSSR count). The lowest BCUT2D eigenvalue weighted by Gasteiger charge is -2.38. The summed E-state index contributed by atoms with van der Waals surface area (Å²) < 4.78 is 91.4. The van der Waals surface area contributed by atoms with Crippen molar-refractivity contribution in [3.05, 3.63) is 145 Å². The van der Waals surface area contributed by atoms with Gasteiger partial charge >= 0.3 is 0 Å². The molecule has 16 heterocycles. The number of methoxy groups -OCH3 is 4. The SMILES string of the molecule is COc1cc(F)cc2c1nc(N)n1nc([C@@H]3CC[C@H](C)N(c4cnn(C(C)(C)[C@@H](C)O)c4)C3)nc21.COc1cc(F)cc2c1nc(N)n1nc([C@@H]3CC[C@H](C)N(c4cnn(C(C)(C)[C@H](C)O)c4)C3)nc21.COc1cc(F)cc2c1nc(N)n1nc([C@H]3CC[C@@H](C)N(c4cnn(C(C)(C)[C@@H](C)O)c4)C3)nc21.COc1cc(F)cc2c1nc(N)n1nc([C@H]3CC[C@@H](C)N(c4cnn(C(C)(C)[C@H](C)O)c4)C3)nc21. The van der Waals surface area contributed by atoms with Crippen molar-refractivity contribution in [2.24, 2.45) is 0 Å². The summed E-state index contributed by atoms with van der Waals surface area (Å²) in [6.07, 6.45) is 20.5. The van der Waals surface area contributed by atoms with Gasteiger partial charge in [-0.25, -0.2) is 57.4 Å². The zero-order chi connectivity index (χ0) is 100. The number of rotatable bonds is 20. The standard InChI is InChI=1S/4C24H31FN8O2/c4*1-13-6-7-15(11-31(13)17-10-27-32(12-17)24(3,4)14(2)34)21-29-22-18-8-16(25)9-19(35-5)20(18)28-23(26)33(22)30-21/h4*8-10,12-15,34H,6-7,11H2,1-5H3,(H2,26,28)/t2*13-,14+,15+;2*13-,14-,15+/m1010/s1. The smallest absolute Gasteiger partial charge is 0.223 e. The molecule has 0 saturated carbocycles. The van der Waals surface area contributed by atoms with Crippen molar-refractivity contribution in [3.8, 4) is 23.0 Å². The number of hydrogen-bond acceptors (Lipinski definition) is 32. The first-order valence-corrected chi connectivity index (χ1v) is 47.2. The van der Waals surface area contributed by atoms with Gasteiger partial charge in [0.25, 0.3) is 0 Å².